The zero-order valence-corrected chi connectivity index (χ0v) is 18.1. The Hall–Kier alpha value is -2.87. The fraction of sp³-hybridized carbons (Fsp3) is 0.364. The van der Waals surface area contributed by atoms with Gasteiger partial charge in [-0.3, -0.25) is 14.3 Å². The lowest BCUT2D eigenvalue weighted by Gasteiger charge is -2.27. The van der Waals surface area contributed by atoms with Crippen molar-refractivity contribution >= 4 is 27.5 Å². The summed E-state index contributed by atoms with van der Waals surface area (Å²) < 4.78 is 28.3. The third kappa shape index (κ3) is 5.18. The molecule has 1 fully saturated rings. The minimum Gasteiger partial charge on any atom is -0.353 e. The summed E-state index contributed by atoms with van der Waals surface area (Å²) in [5, 5.41) is 2.67. The molecule has 160 valence electrons. The van der Waals surface area contributed by atoms with Gasteiger partial charge in [0.15, 0.2) is 0 Å². The first-order chi connectivity index (χ1) is 14.3. The van der Waals surface area contributed by atoms with Crippen molar-refractivity contribution in [3.8, 4) is 0 Å². The number of hydrogen-bond donors (Lipinski definition) is 2. The Morgan fingerprint density at radius 3 is 2.57 bits per heavy atom. The Labute approximate surface area is 177 Å². The van der Waals surface area contributed by atoms with Crippen LogP contribution in [-0.4, -0.2) is 44.8 Å². The van der Waals surface area contributed by atoms with Gasteiger partial charge in [-0.25, -0.2) is 8.42 Å². The van der Waals surface area contributed by atoms with E-state index in [1.807, 2.05) is 12.1 Å². The number of benzene rings is 2. The van der Waals surface area contributed by atoms with Crippen LogP contribution in [0, 0.1) is 6.92 Å². The van der Waals surface area contributed by atoms with Crippen molar-refractivity contribution in [2.75, 3.05) is 24.4 Å². The van der Waals surface area contributed by atoms with Gasteiger partial charge in [0.2, 0.25) is 5.91 Å². The summed E-state index contributed by atoms with van der Waals surface area (Å²) in [7, 11) is -3.86. The average molecular weight is 430 g/mol. The first-order valence-corrected chi connectivity index (χ1v) is 11.6. The van der Waals surface area contributed by atoms with Gasteiger partial charge in [0.25, 0.3) is 15.9 Å². The van der Waals surface area contributed by atoms with Crippen LogP contribution in [0.15, 0.2) is 47.4 Å². The summed E-state index contributed by atoms with van der Waals surface area (Å²) in [5.74, 6) is -0.570. The predicted molar refractivity (Wildman–Crippen MR) is 116 cm³/mol. The van der Waals surface area contributed by atoms with E-state index >= 15 is 0 Å². The van der Waals surface area contributed by atoms with Crippen molar-refractivity contribution in [3.05, 3.63) is 59.2 Å². The van der Waals surface area contributed by atoms with Crippen molar-refractivity contribution in [2.24, 2.45) is 0 Å². The van der Waals surface area contributed by atoms with Gasteiger partial charge in [-0.05, 0) is 55.2 Å². The molecule has 2 aromatic carbocycles. The predicted octanol–water partition coefficient (Wildman–Crippen LogP) is 2.71. The summed E-state index contributed by atoms with van der Waals surface area (Å²) in [5.41, 5.74) is 2.57. The van der Waals surface area contributed by atoms with E-state index < -0.39 is 10.0 Å². The molecule has 0 aromatic heterocycles. The quantitative estimate of drug-likeness (QED) is 0.707. The average Bonchev–Trinajstić information content (AvgIpc) is 2.72. The largest absolute Gasteiger partial charge is 0.353 e. The smallest absolute Gasteiger partial charge is 0.261 e. The third-order valence-electron chi connectivity index (χ3n) is 5.10. The highest BCUT2D eigenvalue weighted by Gasteiger charge is 2.25. The van der Waals surface area contributed by atoms with E-state index in [-0.39, 0.29) is 28.8 Å². The van der Waals surface area contributed by atoms with Gasteiger partial charge in [-0.2, -0.15) is 0 Å². The molecule has 3 rings (SSSR count). The topological polar surface area (TPSA) is 95.6 Å². The number of carbonyl (C=O) groups is 2. The summed E-state index contributed by atoms with van der Waals surface area (Å²) >= 11 is 0. The van der Waals surface area contributed by atoms with Crippen molar-refractivity contribution < 1.29 is 18.0 Å². The van der Waals surface area contributed by atoms with Crippen molar-refractivity contribution in [3.63, 3.8) is 0 Å². The molecule has 7 nitrogen and oxygen atoms in total. The first kappa shape index (κ1) is 21.8. The zero-order chi connectivity index (χ0) is 21.7. The van der Waals surface area contributed by atoms with E-state index in [2.05, 4.69) is 17.0 Å². The number of aryl methyl sites for hydroxylation is 2. The van der Waals surface area contributed by atoms with Crippen LogP contribution >= 0.6 is 0 Å². The normalized spacial score (nSPS) is 14.3. The second-order valence-corrected chi connectivity index (χ2v) is 9.14. The van der Waals surface area contributed by atoms with E-state index in [9.17, 15) is 18.0 Å². The Balaban J connectivity index is 1.80. The molecule has 0 aliphatic carbocycles. The lowest BCUT2D eigenvalue weighted by Crippen LogP contribution is -2.50. The highest BCUT2D eigenvalue weighted by atomic mass is 32.2. The number of piperazine rings is 1. The second-order valence-electron chi connectivity index (χ2n) is 7.46. The first-order valence-electron chi connectivity index (χ1n) is 10.1. The van der Waals surface area contributed by atoms with Crippen molar-refractivity contribution in [1.29, 1.82) is 0 Å². The maximum Gasteiger partial charge on any atom is 0.261 e. The molecule has 0 atom stereocenters. The molecule has 0 radical (unpaired) electrons. The molecule has 0 saturated carbocycles. The Morgan fingerprint density at radius 1 is 1.17 bits per heavy atom. The molecule has 2 amide bonds. The summed E-state index contributed by atoms with van der Waals surface area (Å²) in [6, 6.07) is 11.8. The van der Waals surface area contributed by atoms with Crippen LogP contribution < -0.4 is 10.0 Å². The molecule has 0 unspecified atom stereocenters. The highest BCUT2D eigenvalue weighted by Crippen LogP contribution is 2.21. The van der Waals surface area contributed by atoms with Crippen molar-refractivity contribution in [2.45, 2.75) is 38.0 Å². The number of hydrogen-bond acceptors (Lipinski definition) is 4. The fourth-order valence-corrected chi connectivity index (χ4v) is 4.40. The van der Waals surface area contributed by atoms with E-state index in [0.717, 1.165) is 24.8 Å². The van der Waals surface area contributed by atoms with Crippen LogP contribution in [0.3, 0.4) is 0 Å². The monoisotopic (exact) mass is 429 g/mol. The molecule has 1 saturated heterocycles. The summed E-state index contributed by atoms with van der Waals surface area (Å²) in [4.78, 5) is 25.9. The zero-order valence-electron chi connectivity index (χ0n) is 17.3. The number of rotatable bonds is 7. The van der Waals surface area contributed by atoms with E-state index in [1.165, 1.54) is 17.0 Å². The number of unbranched alkanes of at least 4 members (excludes halogenated alkanes) is 1. The maximum atomic E-state index is 12.9. The Morgan fingerprint density at radius 2 is 1.90 bits per heavy atom. The van der Waals surface area contributed by atoms with Crippen LogP contribution in [0.2, 0.25) is 0 Å². The van der Waals surface area contributed by atoms with Crippen LogP contribution in [0.25, 0.3) is 0 Å². The molecule has 30 heavy (non-hydrogen) atoms. The third-order valence-corrected chi connectivity index (χ3v) is 6.48. The van der Waals surface area contributed by atoms with Crippen LogP contribution in [-0.2, 0) is 21.2 Å². The summed E-state index contributed by atoms with van der Waals surface area (Å²) in [6.07, 6.45) is 3.15. The lowest BCUT2D eigenvalue weighted by atomic mass is 10.1. The van der Waals surface area contributed by atoms with E-state index in [1.54, 1.807) is 25.1 Å². The van der Waals surface area contributed by atoms with Crippen LogP contribution in [0.4, 0.5) is 5.69 Å². The standard InChI is InChI=1S/C22H27N3O4S/c1-3-4-5-17-7-9-18(10-8-17)24-30(28,29)19-11-6-16(2)20(14-19)22(27)25-13-12-23-21(26)15-25/h6-11,14,24H,3-5,12-13,15H2,1-2H3,(H,23,26). The Bertz CT molecular complexity index is 1030. The molecule has 1 heterocycles. The maximum absolute atomic E-state index is 12.9. The van der Waals surface area contributed by atoms with Gasteiger partial charge >= 0.3 is 0 Å². The fourth-order valence-electron chi connectivity index (χ4n) is 3.32. The second kappa shape index (κ2) is 9.30. The minimum absolute atomic E-state index is 0.00738. The Kier molecular flexibility index (Phi) is 6.77. The number of amides is 2. The van der Waals surface area contributed by atoms with E-state index in [4.69, 9.17) is 0 Å². The van der Waals surface area contributed by atoms with Gasteiger partial charge in [0, 0.05) is 24.3 Å². The van der Waals surface area contributed by atoms with Crippen LogP contribution in [0.1, 0.15) is 41.3 Å². The molecular formula is C22H27N3O4S. The molecule has 0 bridgehead atoms. The number of nitrogens with zero attached hydrogens (tertiary/aromatic N) is 1. The molecule has 1 aliphatic rings. The number of sulfonamides is 1. The number of carbonyl (C=O) groups excluding carboxylic acids is 2. The van der Waals surface area contributed by atoms with Crippen molar-refractivity contribution in [1.82, 2.24) is 10.2 Å². The van der Waals surface area contributed by atoms with Gasteiger partial charge in [0.05, 0.1) is 11.4 Å². The van der Waals surface area contributed by atoms with Gasteiger partial charge in [-0.15, -0.1) is 0 Å². The molecule has 2 N–H and O–H groups in total. The SMILES string of the molecule is CCCCc1ccc(NS(=O)(=O)c2ccc(C)c(C(=O)N3CCNC(=O)C3)c2)cc1. The number of anilines is 1. The molecule has 8 heteroatoms. The summed E-state index contributed by atoms with van der Waals surface area (Å²) in [6.45, 7) is 4.62. The van der Waals surface area contributed by atoms with E-state index in [0.29, 0.717) is 24.3 Å². The molecule has 1 aliphatic heterocycles. The minimum atomic E-state index is -3.86. The molecule has 0 spiro atoms. The number of nitrogens with one attached hydrogen (secondary N) is 2. The van der Waals surface area contributed by atoms with Gasteiger partial charge < -0.3 is 10.2 Å². The van der Waals surface area contributed by atoms with Crippen LogP contribution in [0.5, 0.6) is 0 Å². The molecular weight excluding hydrogens is 402 g/mol. The highest BCUT2D eigenvalue weighted by molar-refractivity contribution is 7.92. The van der Waals surface area contributed by atoms with Gasteiger partial charge in [0.1, 0.15) is 0 Å². The van der Waals surface area contributed by atoms with Gasteiger partial charge in [-0.1, -0.05) is 31.5 Å². The molecule has 2 aromatic rings. The lowest BCUT2D eigenvalue weighted by molar-refractivity contribution is -0.123.